The van der Waals surface area contributed by atoms with Crippen molar-refractivity contribution in [2.24, 2.45) is 0 Å². The highest BCUT2D eigenvalue weighted by Gasteiger charge is 2.27. The van der Waals surface area contributed by atoms with Crippen LogP contribution in [0.2, 0.25) is 0 Å². The second kappa shape index (κ2) is 7.23. The van der Waals surface area contributed by atoms with Gasteiger partial charge in [0.15, 0.2) is 11.5 Å². The SMILES string of the molecule is COc1cc(/C=C/C(=O)N2C[C@H](C)O[C@@H](C)C2)c(OC)c2c1OCO2. The van der Waals surface area contributed by atoms with Crippen molar-refractivity contribution in [2.45, 2.75) is 26.1 Å². The summed E-state index contributed by atoms with van der Waals surface area (Å²) < 4.78 is 27.4. The molecule has 0 bridgehead atoms. The minimum atomic E-state index is -0.0688. The summed E-state index contributed by atoms with van der Waals surface area (Å²) >= 11 is 0. The number of fused-ring (bicyclic) bond motifs is 1. The summed E-state index contributed by atoms with van der Waals surface area (Å²) in [5.74, 6) is 1.98. The van der Waals surface area contributed by atoms with Crippen molar-refractivity contribution in [3.8, 4) is 23.0 Å². The van der Waals surface area contributed by atoms with Crippen LogP contribution in [0.5, 0.6) is 23.0 Å². The molecule has 0 unspecified atom stereocenters. The van der Waals surface area contributed by atoms with E-state index in [9.17, 15) is 4.79 Å². The molecule has 2 aliphatic heterocycles. The third-order valence-electron chi connectivity index (χ3n) is 4.15. The summed E-state index contributed by atoms with van der Waals surface area (Å²) in [4.78, 5) is 14.3. The molecule has 1 amide bonds. The number of morpholine rings is 1. The van der Waals surface area contributed by atoms with Gasteiger partial charge < -0.3 is 28.6 Å². The van der Waals surface area contributed by atoms with Crippen molar-refractivity contribution in [1.82, 2.24) is 4.90 Å². The van der Waals surface area contributed by atoms with E-state index < -0.39 is 0 Å². The van der Waals surface area contributed by atoms with Crippen LogP contribution in [0.4, 0.5) is 0 Å². The molecule has 0 N–H and O–H groups in total. The summed E-state index contributed by atoms with van der Waals surface area (Å²) in [6.07, 6.45) is 3.29. The highest BCUT2D eigenvalue weighted by atomic mass is 16.7. The third-order valence-corrected chi connectivity index (χ3v) is 4.15. The van der Waals surface area contributed by atoms with Crippen molar-refractivity contribution in [2.75, 3.05) is 34.1 Å². The zero-order chi connectivity index (χ0) is 18.0. The van der Waals surface area contributed by atoms with E-state index in [2.05, 4.69) is 0 Å². The van der Waals surface area contributed by atoms with Gasteiger partial charge >= 0.3 is 0 Å². The number of ether oxygens (including phenoxy) is 5. The number of carbonyl (C=O) groups is 1. The Kier molecular flexibility index (Phi) is 5.03. The lowest BCUT2D eigenvalue weighted by Crippen LogP contribution is -2.47. The molecule has 0 spiro atoms. The maximum atomic E-state index is 12.5. The summed E-state index contributed by atoms with van der Waals surface area (Å²) in [5, 5.41) is 0. The number of nitrogens with zero attached hydrogens (tertiary/aromatic N) is 1. The standard InChI is InChI=1S/C18H23NO6/c1-11-8-19(9-12(2)25-11)15(20)6-5-13-7-14(21-3)17-18(16(13)22-4)24-10-23-17/h5-7,11-12H,8-10H2,1-4H3/b6-5+/t11-,12-/m0/s1. The van der Waals surface area contributed by atoms with Crippen molar-refractivity contribution in [3.63, 3.8) is 0 Å². The highest BCUT2D eigenvalue weighted by Crippen LogP contribution is 2.49. The van der Waals surface area contributed by atoms with E-state index in [1.165, 1.54) is 6.08 Å². The van der Waals surface area contributed by atoms with Crippen LogP contribution in [0.15, 0.2) is 12.1 Å². The lowest BCUT2D eigenvalue weighted by Gasteiger charge is -2.34. The van der Waals surface area contributed by atoms with Gasteiger partial charge in [0.25, 0.3) is 0 Å². The molecule has 2 atom stereocenters. The lowest BCUT2D eigenvalue weighted by atomic mass is 10.1. The fourth-order valence-electron chi connectivity index (χ4n) is 3.14. The maximum Gasteiger partial charge on any atom is 0.246 e. The normalized spacial score (nSPS) is 22.3. The van der Waals surface area contributed by atoms with Gasteiger partial charge in [0.05, 0.1) is 26.4 Å². The van der Waals surface area contributed by atoms with E-state index in [1.54, 1.807) is 31.3 Å². The number of rotatable bonds is 4. The van der Waals surface area contributed by atoms with Crippen LogP contribution in [0.3, 0.4) is 0 Å². The third kappa shape index (κ3) is 3.51. The minimum absolute atomic E-state index is 0.0290. The van der Waals surface area contributed by atoms with Gasteiger partial charge in [-0.1, -0.05) is 0 Å². The van der Waals surface area contributed by atoms with Crippen molar-refractivity contribution < 1.29 is 28.5 Å². The smallest absolute Gasteiger partial charge is 0.246 e. The molecule has 1 fully saturated rings. The minimum Gasteiger partial charge on any atom is -0.493 e. The van der Waals surface area contributed by atoms with Crippen LogP contribution in [0, 0.1) is 0 Å². The molecule has 1 saturated heterocycles. The average Bonchev–Trinajstić information content (AvgIpc) is 3.07. The number of hydrogen-bond acceptors (Lipinski definition) is 6. The molecule has 2 heterocycles. The summed E-state index contributed by atoms with van der Waals surface area (Å²) in [6, 6.07) is 1.76. The van der Waals surface area contributed by atoms with E-state index >= 15 is 0 Å². The van der Waals surface area contributed by atoms with Crippen LogP contribution in [-0.4, -0.2) is 57.1 Å². The second-order valence-electron chi connectivity index (χ2n) is 6.10. The molecule has 136 valence electrons. The molecule has 0 radical (unpaired) electrons. The summed E-state index contributed by atoms with van der Waals surface area (Å²) in [6.45, 7) is 5.19. The first-order valence-corrected chi connectivity index (χ1v) is 8.20. The predicted molar refractivity (Wildman–Crippen MR) is 91.3 cm³/mol. The van der Waals surface area contributed by atoms with Crippen molar-refractivity contribution >= 4 is 12.0 Å². The van der Waals surface area contributed by atoms with Gasteiger partial charge in [0.2, 0.25) is 24.2 Å². The number of carbonyl (C=O) groups excluding carboxylic acids is 1. The molecule has 25 heavy (non-hydrogen) atoms. The van der Waals surface area contributed by atoms with Gasteiger partial charge in [-0.3, -0.25) is 4.79 Å². The van der Waals surface area contributed by atoms with Gasteiger partial charge in [0, 0.05) is 24.7 Å². The molecular weight excluding hydrogens is 326 g/mol. The molecule has 7 nitrogen and oxygen atoms in total. The maximum absolute atomic E-state index is 12.5. The van der Waals surface area contributed by atoms with E-state index in [0.717, 1.165) is 0 Å². The van der Waals surface area contributed by atoms with Gasteiger partial charge in [-0.15, -0.1) is 0 Å². The topological polar surface area (TPSA) is 66.5 Å². The Hall–Kier alpha value is -2.41. The van der Waals surface area contributed by atoms with Gasteiger partial charge in [-0.25, -0.2) is 0 Å². The number of methoxy groups -OCH3 is 2. The van der Waals surface area contributed by atoms with Crippen LogP contribution in [0.25, 0.3) is 6.08 Å². The van der Waals surface area contributed by atoms with E-state index in [1.807, 2.05) is 13.8 Å². The molecule has 0 aromatic heterocycles. The second-order valence-corrected chi connectivity index (χ2v) is 6.10. The number of hydrogen-bond donors (Lipinski definition) is 0. The van der Waals surface area contributed by atoms with Crippen LogP contribution >= 0.6 is 0 Å². The summed E-state index contributed by atoms with van der Waals surface area (Å²) in [7, 11) is 3.10. The zero-order valence-corrected chi connectivity index (χ0v) is 14.9. The summed E-state index contributed by atoms with van der Waals surface area (Å²) in [5.41, 5.74) is 0.686. The van der Waals surface area contributed by atoms with Crippen molar-refractivity contribution in [1.29, 1.82) is 0 Å². The van der Waals surface area contributed by atoms with Gasteiger partial charge in [0.1, 0.15) is 0 Å². The molecule has 2 aliphatic rings. The Balaban J connectivity index is 1.84. The molecule has 3 rings (SSSR count). The zero-order valence-electron chi connectivity index (χ0n) is 14.9. The molecular formula is C18H23NO6. The fraction of sp³-hybridized carbons (Fsp3) is 0.500. The molecule has 7 heteroatoms. The Morgan fingerprint density at radius 3 is 2.48 bits per heavy atom. The molecule has 1 aromatic carbocycles. The number of benzene rings is 1. The van der Waals surface area contributed by atoms with E-state index in [-0.39, 0.29) is 24.9 Å². The van der Waals surface area contributed by atoms with E-state index in [0.29, 0.717) is 41.7 Å². The average molecular weight is 349 g/mol. The molecule has 1 aromatic rings. The first-order valence-electron chi connectivity index (χ1n) is 8.20. The van der Waals surface area contributed by atoms with Gasteiger partial charge in [-0.2, -0.15) is 0 Å². The Labute approximate surface area is 147 Å². The highest BCUT2D eigenvalue weighted by molar-refractivity contribution is 5.92. The first kappa shape index (κ1) is 17.4. The predicted octanol–water partition coefficient (Wildman–Crippen LogP) is 2.08. The Bertz CT molecular complexity index is 677. The van der Waals surface area contributed by atoms with Crippen LogP contribution in [0.1, 0.15) is 19.4 Å². The van der Waals surface area contributed by atoms with E-state index in [4.69, 9.17) is 23.7 Å². The molecule has 0 aliphatic carbocycles. The first-order chi connectivity index (χ1) is 12.0. The Morgan fingerprint density at radius 2 is 1.84 bits per heavy atom. The van der Waals surface area contributed by atoms with Crippen LogP contribution < -0.4 is 18.9 Å². The number of amides is 1. The van der Waals surface area contributed by atoms with Crippen molar-refractivity contribution in [3.05, 3.63) is 17.7 Å². The monoisotopic (exact) mass is 349 g/mol. The van der Waals surface area contributed by atoms with Crippen LogP contribution in [-0.2, 0) is 9.53 Å². The fourth-order valence-corrected chi connectivity index (χ4v) is 3.14. The largest absolute Gasteiger partial charge is 0.493 e. The quantitative estimate of drug-likeness (QED) is 0.776. The lowest BCUT2D eigenvalue weighted by molar-refractivity contribution is -0.137. The molecule has 0 saturated carbocycles. The Morgan fingerprint density at radius 1 is 1.16 bits per heavy atom. The van der Waals surface area contributed by atoms with Gasteiger partial charge in [-0.05, 0) is 26.0 Å².